The minimum atomic E-state index is -1.15. The number of ether oxygens (including phenoxy) is 1. The molecule has 0 radical (unpaired) electrons. The number of hydrogen-bond acceptors (Lipinski definition) is 7. The predicted octanol–water partition coefficient (Wildman–Crippen LogP) is 8.69. The van der Waals surface area contributed by atoms with Crippen molar-refractivity contribution in [1.29, 1.82) is 0 Å². The number of aromatic hydroxyl groups is 1. The number of hydrogen-bond donors (Lipinski definition) is 2. The van der Waals surface area contributed by atoms with E-state index in [2.05, 4.69) is 10.3 Å². The Kier molecular flexibility index (Phi) is 7.85. The minimum absolute atomic E-state index is 0.1000. The van der Waals surface area contributed by atoms with Crippen molar-refractivity contribution in [2.45, 2.75) is 39.3 Å². The molecule has 2 heterocycles. The molecule has 0 bridgehead atoms. The molecule has 0 fully saturated rings. The summed E-state index contributed by atoms with van der Waals surface area (Å²) in [6.07, 6.45) is 0.665. The molecule has 47 heavy (non-hydrogen) atoms. The van der Waals surface area contributed by atoms with E-state index in [9.17, 15) is 14.7 Å². The lowest BCUT2D eigenvalue weighted by Crippen LogP contribution is -2.40. The van der Waals surface area contributed by atoms with Gasteiger partial charge in [0, 0.05) is 40.3 Å². The highest BCUT2D eigenvalue weighted by Crippen LogP contribution is 2.51. The Morgan fingerprint density at radius 1 is 1.02 bits per heavy atom. The summed E-state index contributed by atoms with van der Waals surface area (Å²) in [7, 11) is 0. The fraction of sp³-hybridized carbons (Fsp3) is 0.184. The van der Waals surface area contributed by atoms with E-state index in [-0.39, 0.29) is 47.1 Å². The van der Waals surface area contributed by atoms with E-state index in [0.717, 1.165) is 11.1 Å². The number of aromatic nitrogens is 1. The molecule has 1 amide bonds. The smallest absolute Gasteiger partial charge is 0.278 e. The van der Waals surface area contributed by atoms with Crippen molar-refractivity contribution in [2.24, 2.45) is 5.41 Å². The maximum atomic E-state index is 16.4. The third-order valence-electron chi connectivity index (χ3n) is 8.49. The van der Waals surface area contributed by atoms with Crippen molar-refractivity contribution in [3.05, 3.63) is 136 Å². The fourth-order valence-electron chi connectivity index (χ4n) is 6.33. The molecular weight excluding hydrogens is 614 g/mol. The van der Waals surface area contributed by atoms with Crippen LogP contribution in [0.4, 0.5) is 15.8 Å². The van der Waals surface area contributed by atoms with Gasteiger partial charge in [-0.25, -0.2) is 9.37 Å². The van der Waals surface area contributed by atoms with Crippen molar-refractivity contribution in [3.8, 4) is 22.1 Å². The lowest BCUT2D eigenvalue weighted by Gasteiger charge is -2.37. The number of allylic oxidation sites excluding steroid dienone is 1. The van der Waals surface area contributed by atoms with Gasteiger partial charge in [-0.3, -0.25) is 14.5 Å². The Morgan fingerprint density at radius 3 is 2.51 bits per heavy atom. The zero-order chi connectivity index (χ0) is 32.7. The van der Waals surface area contributed by atoms with E-state index in [1.165, 1.54) is 28.4 Å². The number of phenolic OH excluding ortho intramolecular Hbond substituents is 1. The molecule has 1 aromatic heterocycles. The SMILES string of the molecule is CC1(C)CC(=O)C2=C(C1)Nc1c(O)cccc1N(C(=O)c1csc(-c3ccccc3)n1)C2c1ccc(OCc2ccccc2)cc1F. The summed E-state index contributed by atoms with van der Waals surface area (Å²) in [5.41, 5.74) is 3.06. The van der Waals surface area contributed by atoms with Gasteiger partial charge in [0.1, 0.15) is 40.3 Å². The van der Waals surface area contributed by atoms with Gasteiger partial charge in [-0.2, -0.15) is 0 Å². The molecule has 5 aromatic rings. The standard InChI is InChI=1S/C38H32FN3O4S/c1-38(2)19-28-33(32(44)20-38)35(26-17-16-25(18-27(26)39)46-21-23-10-5-3-6-11-23)42(30-14-9-15-31(43)34(30)40-28)37(45)29-22-47-36(41-29)24-12-7-4-8-13-24/h3-18,22,35,40,43H,19-21H2,1-2H3. The van der Waals surface area contributed by atoms with Crippen LogP contribution >= 0.6 is 11.3 Å². The lowest BCUT2D eigenvalue weighted by atomic mass is 9.73. The molecule has 0 spiro atoms. The Labute approximate surface area is 276 Å². The molecular formula is C38H32FN3O4S. The lowest BCUT2D eigenvalue weighted by molar-refractivity contribution is -0.118. The molecule has 236 valence electrons. The van der Waals surface area contributed by atoms with E-state index >= 15 is 4.39 Å². The highest BCUT2D eigenvalue weighted by atomic mass is 32.1. The van der Waals surface area contributed by atoms with E-state index in [1.54, 1.807) is 29.6 Å². The number of ketones is 1. The van der Waals surface area contributed by atoms with E-state index in [4.69, 9.17) is 4.74 Å². The summed E-state index contributed by atoms with van der Waals surface area (Å²) in [5.74, 6) is -1.15. The molecule has 2 N–H and O–H groups in total. The van der Waals surface area contributed by atoms with Crippen LogP contribution in [0.3, 0.4) is 0 Å². The first-order valence-electron chi connectivity index (χ1n) is 15.3. The van der Waals surface area contributed by atoms with Crippen molar-refractivity contribution in [1.82, 2.24) is 4.98 Å². The van der Waals surface area contributed by atoms with Crippen LogP contribution in [0.1, 0.15) is 54.3 Å². The first-order chi connectivity index (χ1) is 22.7. The van der Waals surface area contributed by atoms with E-state index < -0.39 is 23.2 Å². The van der Waals surface area contributed by atoms with Crippen LogP contribution in [0.25, 0.3) is 10.6 Å². The summed E-state index contributed by atoms with van der Waals surface area (Å²) < 4.78 is 22.3. The van der Waals surface area contributed by atoms with E-state index in [0.29, 0.717) is 28.6 Å². The molecule has 1 aliphatic carbocycles. The van der Waals surface area contributed by atoms with Crippen LogP contribution in [-0.4, -0.2) is 21.8 Å². The highest BCUT2D eigenvalue weighted by molar-refractivity contribution is 7.13. The van der Waals surface area contributed by atoms with Crippen LogP contribution in [0.2, 0.25) is 0 Å². The number of Topliss-reactive ketones (excluding diaryl/α,β-unsaturated/α-hetero) is 1. The number of para-hydroxylation sites is 1. The van der Waals surface area contributed by atoms with Gasteiger partial charge in [0.2, 0.25) is 0 Å². The molecule has 2 aliphatic rings. The number of rotatable bonds is 6. The zero-order valence-electron chi connectivity index (χ0n) is 25.9. The molecule has 7 rings (SSSR count). The van der Waals surface area contributed by atoms with Crippen molar-refractivity contribution < 1.29 is 23.8 Å². The number of fused-ring (bicyclic) bond motifs is 1. The quantitative estimate of drug-likeness (QED) is 0.180. The van der Waals surface area contributed by atoms with Gasteiger partial charge in [0.15, 0.2) is 5.78 Å². The topological polar surface area (TPSA) is 91.8 Å². The first kappa shape index (κ1) is 30.4. The predicted molar refractivity (Wildman–Crippen MR) is 181 cm³/mol. The van der Waals surface area contributed by atoms with Gasteiger partial charge in [-0.1, -0.05) is 80.6 Å². The van der Waals surface area contributed by atoms with Crippen molar-refractivity contribution in [3.63, 3.8) is 0 Å². The maximum Gasteiger partial charge on any atom is 0.278 e. The van der Waals surface area contributed by atoms with E-state index in [1.807, 2.05) is 74.5 Å². The van der Waals surface area contributed by atoms with Crippen LogP contribution < -0.4 is 15.0 Å². The number of halogens is 1. The number of nitrogens with zero attached hydrogens (tertiary/aromatic N) is 2. The Morgan fingerprint density at radius 2 is 1.77 bits per heavy atom. The van der Waals surface area contributed by atoms with Gasteiger partial charge < -0.3 is 15.2 Å². The number of carbonyl (C=O) groups excluding carboxylic acids is 2. The number of thiazole rings is 1. The third-order valence-corrected chi connectivity index (χ3v) is 9.38. The fourth-order valence-corrected chi connectivity index (χ4v) is 7.13. The number of benzene rings is 4. The van der Waals surface area contributed by atoms with Gasteiger partial charge >= 0.3 is 0 Å². The van der Waals surface area contributed by atoms with Crippen molar-refractivity contribution >= 4 is 34.4 Å². The Balaban J connectivity index is 1.38. The molecule has 1 aliphatic heterocycles. The largest absolute Gasteiger partial charge is 0.506 e. The zero-order valence-corrected chi connectivity index (χ0v) is 26.7. The summed E-state index contributed by atoms with van der Waals surface area (Å²) in [5, 5.41) is 16.7. The number of anilines is 2. The Hall–Kier alpha value is -5.28. The average molecular weight is 646 g/mol. The van der Waals surface area contributed by atoms with Crippen LogP contribution in [0.15, 0.2) is 114 Å². The van der Waals surface area contributed by atoms with Gasteiger partial charge in [-0.15, -0.1) is 11.3 Å². The molecule has 0 saturated carbocycles. The van der Waals surface area contributed by atoms with Gasteiger partial charge in [0.05, 0.1) is 11.7 Å². The monoisotopic (exact) mass is 645 g/mol. The molecule has 1 unspecified atom stereocenters. The maximum absolute atomic E-state index is 16.4. The van der Waals surface area contributed by atoms with Crippen LogP contribution in [0.5, 0.6) is 11.5 Å². The first-order valence-corrected chi connectivity index (χ1v) is 16.2. The second kappa shape index (κ2) is 12.1. The molecule has 7 nitrogen and oxygen atoms in total. The molecule has 4 aromatic carbocycles. The highest BCUT2D eigenvalue weighted by Gasteiger charge is 2.45. The second-order valence-corrected chi connectivity index (χ2v) is 13.4. The Bertz CT molecular complexity index is 2020. The number of nitrogens with one attached hydrogen (secondary N) is 1. The summed E-state index contributed by atoms with van der Waals surface area (Å²) in [6, 6.07) is 27.3. The number of phenols is 1. The summed E-state index contributed by atoms with van der Waals surface area (Å²) in [4.78, 5) is 34.8. The van der Waals surface area contributed by atoms with Crippen molar-refractivity contribution in [2.75, 3.05) is 10.2 Å². The number of amides is 1. The third kappa shape index (κ3) is 5.90. The second-order valence-electron chi connectivity index (χ2n) is 12.6. The van der Waals surface area contributed by atoms with Gasteiger partial charge in [-0.05, 0) is 41.7 Å². The summed E-state index contributed by atoms with van der Waals surface area (Å²) >= 11 is 1.32. The van der Waals surface area contributed by atoms with Crippen LogP contribution in [0, 0.1) is 11.2 Å². The molecule has 9 heteroatoms. The van der Waals surface area contributed by atoms with Crippen LogP contribution in [-0.2, 0) is 11.4 Å². The number of carbonyl (C=O) groups is 2. The molecule has 0 saturated heterocycles. The summed E-state index contributed by atoms with van der Waals surface area (Å²) in [6.45, 7) is 4.23. The van der Waals surface area contributed by atoms with Gasteiger partial charge in [0.25, 0.3) is 5.91 Å². The minimum Gasteiger partial charge on any atom is -0.506 e. The average Bonchev–Trinajstić information content (AvgIpc) is 3.50. The molecule has 1 atom stereocenters. The normalized spacial score (nSPS) is 17.0.